The molecule has 5 fully saturated rings. The van der Waals surface area contributed by atoms with E-state index in [9.17, 15) is 14.4 Å². The highest BCUT2D eigenvalue weighted by atomic mass is 16.5. The Hall–Kier alpha value is -4.41. The Balaban J connectivity index is 1.11. The normalized spacial score (nSPS) is 24.8. The molecule has 11 heteroatoms. The topological polar surface area (TPSA) is 115 Å². The second-order valence-electron chi connectivity index (χ2n) is 14.3. The first-order valence-corrected chi connectivity index (χ1v) is 16.7. The number of carbonyl (C=O) groups is 3. The number of likely N-dealkylation sites (tertiary alicyclic amines) is 2. The maximum absolute atomic E-state index is 14.0. The number of nitrogens with one attached hydrogen (secondary N) is 1. The lowest BCUT2D eigenvalue weighted by Crippen LogP contribution is -2.54. The summed E-state index contributed by atoms with van der Waals surface area (Å²) in [6.45, 7) is 5.01. The lowest BCUT2D eigenvalue weighted by molar-refractivity contribution is -0.138. The third kappa shape index (κ3) is 4.34. The van der Waals surface area contributed by atoms with E-state index in [2.05, 4.69) is 31.5 Å². The lowest BCUT2D eigenvalue weighted by Gasteiger charge is -2.52. The number of hydrogen-bond acceptors (Lipinski definition) is 6. The quantitative estimate of drug-likeness (QED) is 0.306. The Kier molecular flexibility index (Phi) is 6.24. The average molecular weight is 622 g/mol. The summed E-state index contributed by atoms with van der Waals surface area (Å²) in [7, 11) is 1.66. The van der Waals surface area contributed by atoms with Crippen LogP contribution in [-0.2, 0) is 22.7 Å². The Morgan fingerprint density at radius 3 is 2.57 bits per heavy atom. The SMILES string of the molecule is COc1cc(C(=O)N2CC3CC4CC2[C@H]43)cc2nc(-c3cc4cccnc4n3CC3CC3)n(CC3CN(C(=O)CNC(C)=O)C3)c12. The molecular weight excluding hydrogens is 582 g/mol. The average Bonchev–Trinajstić information content (AvgIpc) is 3.67. The third-order valence-corrected chi connectivity index (χ3v) is 11.3. The van der Waals surface area contributed by atoms with Gasteiger partial charge in [0.05, 0.1) is 24.9 Å². The van der Waals surface area contributed by atoms with Gasteiger partial charge in [0.2, 0.25) is 11.8 Å². The number of fused-ring (bicyclic) bond motifs is 2. The molecule has 0 bridgehead atoms. The van der Waals surface area contributed by atoms with Crippen molar-refractivity contribution in [2.75, 3.05) is 33.3 Å². The van der Waals surface area contributed by atoms with Gasteiger partial charge >= 0.3 is 0 Å². The zero-order chi connectivity index (χ0) is 31.3. The molecule has 4 aromatic rings. The highest BCUT2D eigenvalue weighted by Crippen LogP contribution is 2.60. The maximum atomic E-state index is 14.0. The summed E-state index contributed by atoms with van der Waals surface area (Å²) in [5.74, 6) is 4.26. The van der Waals surface area contributed by atoms with E-state index in [-0.39, 0.29) is 30.2 Å². The van der Waals surface area contributed by atoms with E-state index in [0.717, 1.165) is 59.0 Å². The summed E-state index contributed by atoms with van der Waals surface area (Å²) in [4.78, 5) is 51.9. The number of hydrogen-bond donors (Lipinski definition) is 1. The van der Waals surface area contributed by atoms with Crippen molar-refractivity contribution in [1.82, 2.24) is 34.2 Å². The van der Waals surface area contributed by atoms with Crippen molar-refractivity contribution in [1.29, 1.82) is 0 Å². The molecule has 3 saturated carbocycles. The van der Waals surface area contributed by atoms with Crippen LogP contribution in [0.2, 0.25) is 0 Å². The molecule has 3 aromatic heterocycles. The molecule has 2 saturated heterocycles. The zero-order valence-electron chi connectivity index (χ0n) is 26.3. The van der Waals surface area contributed by atoms with Gasteiger partial charge in [-0.25, -0.2) is 9.97 Å². The summed E-state index contributed by atoms with van der Waals surface area (Å²) < 4.78 is 10.6. The Morgan fingerprint density at radius 1 is 1.00 bits per heavy atom. The van der Waals surface area contributed by atoms with Gasteiger partial charge in [-0.2, -0.15) is 0 Å². The number of benzene rings is 1. The van der Waals surface area contributed by atoms with Gasteiger partial charge in [0.15, 0.2) is 5.82 Å². The van der Waals surface area contributed by atoms with Gasteiger partial charge in [0.1, 0.15) is 16.9 Å². The van der Waals surface area contributed by atoms with E-state index in [1.54, 1.807) is 12.0 Å². The maximum Gasteiger partial charge on any atom is 0.254 e. The van der Waals surface area contributed by atoms with E-state index >= 15 is 0 Å². The summed E-state index contributed by atoms with van der Waals surface area (Å²) in [6.07, 6.45) is 6.67. The molecule has 0 spiro atoms. The van der Waals surface area contributed by atoms with Crippen LogP contribution in [0.1, 0.15) is 43.0 Å². The minimum atomic E-state index is -0.213. The molecular formula is C35H39N7O4. The van der Waals surface area contributed by atoms with Crippen LogP contribution in [0.4, 0.5) is 0 Å². The molecule has 1 N–H and O–H groups in total. The second-order valence-corrected chi connectivity index (χ2v) is 14.3. The molecule has 4 atom stereocenters. The summed E-state index contributed by atoms with van der Waals surface area (Å²) in [6, 6.07) is 10.5. The number of imidazole rings is 1. The number of nitrogens with zero attached hydrogens (tertiary/aromatic N) is 6. The first-order chi connectivity index (χ1) is 22.4. The number of aromatic nitrogens is 4. The van der Waals surface area contributed by atoms with Gasteiger partial charge in [-0.15, -0.1) is 0 Å². The van der Waals surface area contributed by atoms with E-state index < -0.39 is 0 Å². The molecule has 1 aromatic carbocycles. The summed E-state index contributed by atoms with van der Waals surface area (Å²) in [5, 5.41) is 3.68. The number of carbonyl (C=O) groups excluding carboxylic acids is 3. The van der Waals surface area contributed by atoms with Crippen LogP contribution in [0, 0.1) is 29.6 Å². The molecule has 0 radical (unpaired) electrons. The highest BCUT2D eigenvalue weighted by Gasteiger charge is 2.61. The van der Waals surface area contributed by atoms with Crippen molar-refractivity contribution in [3.63, 3.8) is 0 Å². The standard InChI is InChI=1S/C35H39N7O4/c1-19(43)37-13-30(44)39-14-21(15-39)17-42-32-26(38-34(42)28-10-22-4-3-7-36-33(22)40(28)16-20-5-6-20)9-24(12-29(32)46-2)35(45)41-18-25-8-23-11-27(41)31(23)25/h3-4,7,9-10,12,20-21,23,25,27,31H,5-6,8,11,13-18H2,1-2H3,(H,37,43)/t23?,25?,27?,31-/m1/s1. The fraction of sp³-hybridized carbons (Fsp3) is 0.514. The molecule has 11 nitrogen and oxygen atoms in total. The number of amides is 3. The first kappa shape index (κ1) is 27.9. The van der Waals surface area contributed by atoms with Gasteiger partial charge in [-0.3, -0.25) is 14.4 Å². The lowest BCUT2D eigenvalue weighted by atomic mass is 9.53. The van der Waals surface area contributed by atoms with Crippen molar-refractivity contribution < 1.29 is 19.1 Å². The van der Waals surface area contributed by atoms with Crippen molar-refractivity contribution in [3.05, 3.63) is 42.1 Å². The number of methoxy groups -OCH3 is 1. The van der Waals surface area contributed by atoms with E-state index in [4.69, 9.17) is 14.7 Å². The van der Waals surface area contributed by atoms with E-state index in [1.165, 1.54) is 26.2 Å². The van der Waals surface area contributed by atoms with Gasteiger partial charge in [-0.1, -0.05) is 0 Å². The predicted molar refractivity (Wildman–Crippen MR) is 171 cm³/mol. The van der Waals surface area contributed by atoms with Crippen LogP contribution in [0.25, 0.3) is 33.6 Å². The molecule has 3 unspecified atom stereocenters. The first-order valence-electron chi connectivity index (χ1n) is 16.7. The summed E-state index contributed by atoms with van der Waals surface area (Å²) in [5.41, 5.74) is 4.18. The molecule has 5 aliphatic rings. The Labute approximate surface area is 266 Å². The number of ether oxygens (including phenoxy) is 1. The van der Waals surface area contributed by atoms with Crippen molar-refractivity contribution in [2.24, 2.45) is 29.6 Å². The van der Waals surface area contributed by atoms with Gasteiger partial charge in [0, 0.05) is 68.8 Å². The number of pyridine rings is 1. The molecule has 9 rings (SSSR count). The number of rotatable bonds is 9. The fourth-order valence-electron chi connectivity index (χ4n) is 8.72. The molecule has 46 heavy (non-hydrogen) atoms. The molecule has 5 heterocycles. The monoisotopic (exact) mass is 621 g/mol. The second kappa shape index (κ2) is 10.3. The molecule has 238 valence electrons. The Bertz CT molecular complexity index is 1920. The predicted octanol–water partition coefficient (Wildman–Crippen LogP) is 3.55. The fourth-order valence-corrected chi connectivity index (χ4v) is 8.72. The third-order valence-electron chi connectivity index (χ3n) is 11.3. The minimum Gasteiger partial charge on any atom is -0.494 e. The smallest absolute Gasteiger partial charge is 0.254 e. The van der Waals surface area contributed by atoms with Crippen LogP contribution >= 0.6 is 0 Å². The van der Waals surface area contributed by atoms with Gasteiger partial charge in [0.25, 0.3) is 5.91 Å². The highest BCUT2D eigenvalue weighted by molar-refractivity contribution is 6.00. The largest absolute Gasteiger partial charge is 0.494 e. The molecule has 3 amide bonds. The van der Waals surface area contributed by atoms with Gasteiger partial charge < -0.3 is 29.0 Å². The molecule has 3 aliphatic carbocycles. The van der Waals surface area contributed by atoms with Crippen LogP contribution in [0.5, 0.6) is 5.75 Å². The van der Waals surface area contributed by atoms with Crippen LogP contribution in [0.3, 0.4) is 0 Å². The van der Waals surface area contributed by atoms with Crippen molar-refractivity contribution in [2.45, 2.75) is 51.7 Å². The summed E-state index contributed by atoms with van der Waals surface area (Å²) >= 11 is 0. The van der Waals surface area contributed by atoms with Crippen LogP contribution < -0.4 is 10.1 Å². The Morgan fingerprint density at radius 2 is 1.83 bits per heavy atom. The van der Waals surface area contributed by atoms with Crippen LogP contribution in [0.15, 0.2) is 36.5 Å². The van der Waals surface area contributed by atoms with Gasteiger partial charge in [-0.05, 0) is 79.7 Å². The molecule has 2 aliphatic heterocycles. The zero-order valence-corrected chi connectivity index (χ0v) is 26.3. The van der Waals surface area contributed by atoms with Crippen molar-refractivity contribution >= 4 is 39.8 Å². The van der Waals surface area contributed by atoms with Crippen molar-refractivity contribution in [3.8, 4) is 17.3 Å². The van der Waals surface area contributed by atoms with E-state index in [0.29, 0.717) is 54.7 Å². The van der Waals surface area contributed by atoms with Crippen LogP contribution in [-0.4, -0.2) is 86.0 Å². The minimum absolute atomic E-state index is 0.0141. The van der Waals surface area contributed by atoms with E-state index in [1.807, 2.05) is 24.4 Å².